The molecule has 9 heteroatoms. The largest absolute Gasteiger partial charge is 0.377 e. The van der Waals surface area contributed by atoms with Crippen molar-refractivity contribution >= 4 is 22.7 Å². The fraction of sp³-hybridized carbons (Fsp3) is 0.200. The topological polar surface area (TPSA) is 54.4 Å². The van der Waals surface area contributed by atoms with Crippen LogP contribution in [0.25, 0.3) is 0 Å². The number of ketones is 1. The average molecular weight is 300 g/mol. The molecule has 0 aliphatic rings. The van der Waals surface area contributed by atoms with Gasteiger partial charge in [0.1, 0.15) is 0 Å². The second-order valence-corrected chi connectivity index (χ2v) is 4.35. The monoisotopic (exact) mass is 300 g/mol. The molecule has 0 fully saturated rings. The predicted octanol–water partition coefficient (Wildman–Crippen LogP) is 1.95. The number of hydrogen-bond donors (Lipinski definition) is 1. The van der Waals surface area contributed by atoms with Gasteiger partial charge in [-0.1, -0.05) is 0 Å². The summed E-state index contributed by atoms with van der Waals surface area (Å²) >= 11 is -0.436. The molecule has 1 aromatic rings. The van der Waals surface area contributed by atoms with E-state index >= 15 is 0 Å². The van der Waals surface area contributed by atoms with E-state index in [1.165, 1.54) is 0 Å². The number of halogens is 5. The summed E-state index contributed by atoms with van der Waals surface area (Å²) in [6, 6.07) is 0. The molecule has 1 atom stereocenters. The zero-order valence-corrected chi connectivity index (χ0v) is 9.96. The van der Waals surface area contributed by atoms with Gasteiger partial charge in [-0.2, -0.15) is 0 Å². The van der Waals surface area contributed by atoms with Gasteiger partial charge >= 0.3 is 0 Å². The molecule has 0 aromatic heterocycles. The molecule has 0 saturated heterocycles. The smallest absolute Gasteiger partial charge is 0.229 e. The predicted molar refractivity (Wildman–Crippen MR) is 53.8 cm³/mol. The molecular formula is C10H5F5O3S. The van der Waals surface area contributed by atoms with Crippen LogP contribution in [-0.2, 0) is 9.59 Å². The van der Waals surface area contributed by atoms with Crippen LogP contribution < -0.4 is 0 Å². The Hall–Kier alpha value is -1.48. The van der Waals surface area contributed by atoms with Crippen molar-refractivity contribution in [1.29, 1.82) is 0 Å². The van der Waals surface area contributed by atoms with E-state index in [9.17, 15) is 31.5 Å². The maximum absolute atomic E-state index is 13.2. The van der Waals surface area contributed by atoms with Crippen molar-refractivity contribution in [2.75, 3.05) is 0 Å². The summed E-state index contributed by atoms with van der Waals surface area (Å²) in [5.74, 6) is -12.2. The Labute approximate surface area is 107 Å². The molecule has 0 unspecified atom stereocenters. The van der Waals surface area contributed by atoms with Gasteiger partial charge in [0.15, 0.2) is 35.2 Å². The molecule has 0 bridgehead atoms. The zero-order chi connectivity index (χ0) is 14.9. The van der Waals surface area contributed by atoms with E-state index in [0.29, 0.717) is 0 Å². The number of aliphatic hydroxyl groups excluding tert-OH is 1. The van der Waals surface area contributed by atoms with Gasteiger partial charge in [0.25, 0.3) is 0 Å². The van der Waals surface area contributed by atoms with Gasteiger partial charge < -0.3 is 5.11 Å². The lowest BCUT2D eigenvalue weighted by atomic mass is 10.3. The molecule has 0 heterocycles. The van der Waals surface area contributed by atoms with E-state index in [1.807, 2.05) is 0 Å². The van der Waals surface area contributed by atoms with Crippen molar-refractivity contribution in [2.45, 2.75) is 17.9 Å². The Morgan fingerprint density at radius 3 is 1.68 bits per heavy atom. The van der Waals surface area contributed by atoms with Gasteiger partial charge in [0.2, 0.25) is 10.9 Å². The van der Waals surface area contributed by atoms with E-state index in [-0.39, 0.29) is 0 Å². The van der Waals surface area contributed by atoms with Crippen molar-refractivity contribution in [3.8, 4) is 0 Å². The van der Waals surface area contributed by atoms with Crippen molar-refractivity contribution in [3.05, 3.63) is 29.1 Å². The summed E-state index contributed by atoms with van der Waals surface area (Å²) in [5.41, 5.74) is 0. The van der Waals surface area contributed by atoms with Crippen molar-refractivity contribution < 1.29 is 36.6 Å². The molecule has 0 amide bonds. The highest BCUT2D eigenvalue weighted by atomic mass is 32.2. The SMILES string of the molecule is CC(=O)[C@H](O)C(=O)Sc1c(F)c(F)c(F)c(F)c1F. The summed E-state index contributed by atoms with van der Waals surface area (Å²) in [5, 5.41) is 7.56. The number of carbonyl (C=O) groups is 2. The van der Waals surface area contributed by atoms with Crippen molar-refractivity contribution in [1.82, 2.24) is 0 Å². The normalized spacial score (nSPS) is 12.4. The quantitative estimate of drug-likeness (QED) is 0.305. The van der Waals surface area contributed by atoms with Crippen LogP contribution in [0.15, 0.2) is 4.90 Å². The van der Waals surface area contributed by atoms with Crippen LogP contribution in [-0.4, -0.2) is 22.1 Å². The van der Waals surface area contributed by atoms with Gasteiger partial charge in [0.05, 0.1) is 4.90 Å². The molecule has 1 N–H and O–H groups in total. The summed E-state index contributed by atoms with van der Waals surface area (Å²) in [6.07, 6.45) is -2.21. The number of thioether (sulfide) groups is 1. The maximum Gasteiger partial charge on any atom is 0.229 e. The molecule has 0 saturated carbocycles. The number of carbonyl (C=O) groups excluding carboxylic acids is 2. The molecule has 3 nitrogen and oxygen atoms in total. The summed E-state index contributed by atoms with van der Waals surface area (Å²) in [7, 11) is 0. The van der Waals surface area contributed by atoms with Crippen molar-refractivity contribution in [3.63, 3.8) is 0 Å². The third kappa shape index (κ3) is 2.92. The lowest BCUT2D eigenvalue weighted by Crippen LogP contribution is -2.25. The highest BCUT2D eigenvalue weighted by Gasteiger charge is 2.30. The van der Waals surface area contributed by atoms with Crippen LogP contribution >= 0.6 is 11.8 Å². The van der Waals surface area contributed by atoms with Gasteiger partial charge in [0, 0.05) is 0 Å². The fourth-order valence-corrected chi connectivity index (χ4v) is 1.83. The molecule has 1 rings (SSSR count). The molecule has 0 spiro atoms. The first-order valence-corrected chi connectivity index (χ1v) is 5.41. The summed E-state index contributed by atoms with van der Waals surface area (Å²) < 4.78 is 64.6. The standard InChI is InChI=1S/C10H5F5O3S/c1-2(16)8(17)10(18)19-9-6(14)4(12)3(11)5(13)7(9)15/h8,17H,1H3/t8-/m0/s1. The van der Waals surface area contributed by atoms with Crippen molar-refractivity contribution in [2.24, 2.45) is 0 Å². The molecular weight excluding hydrogens is 295 g/mol. The van der Waals surface area contributed by atoms with Gasteiger partial charge in [-0.15, -0.1) is 0 Å². The highest BCUT2D eigenvalue weighted by molar-refractivity contribution is 8.13. The Morgan fingerprint density at radius 1 is 0.947 bits per heavy atom. The average Bonchev–Trinajstić information content (AvgIpc) is 2.37. The Bertz CT molecular complexity index is 532. The summed E-state index contributed by atoms with van der Waals surface area (Å²) in [4.78, 5) is 20.4. The Balaban J connectivity index is 3.23. The number of hydrogen-bond acceptors (Lipinski definition) is 4. The summed E-state index contributed by atoms with van der Waals surface area (Å²) in [6.45, 7) is 0.821. The number of rotatable bonds is 3. The van der Waals surface area contributed by atoms with Crippen LogP contribution in [0.2, 0.25) is 0 Å². The third-order valence-corrected chi connectivity index (χ3v) is 2.97. The minimum Gasteiger partial charge on any atom is -0.377 e. The molecule has 0 aliphatic carbocycles. The first kappa shape index (κ1) is 15.6. The van der Waals surface area contributed by atoms with E-state index in [2.05, 4.69) is 0 Å². The first-order chi connectivity index (χ1) is 8.68. The van der Waals surface area contributed by atoms with E-state index in [1.54, 1.807) is 0 Å². The number of Topliss-reactive ketones (excluding diaryl/α,β-unsaturated/α-hetero) is 1. The second kappa shape index (κ2) is 5.66. The Morgan fingerprint density at radius 2 is 1.32 bits per heavy atom. The minimum absolute atomic E-state index is 0.436. The van der Waals surface area contributed by atoms with Crippen LogP contribution in [0, 0.1) is 29.1 Å². The lowest BCUT2D eigenvalue weighted by Gasteiger charge is -2.08. The van der Waals surface area contributed by atoms with E-state index in [4.69, 9.17) is 5.11 Å². The first-order valence-electron chi connectivity index (χ1n) is 4.60. The fourth-order valence-electron chi connectivity index (χ4n) is 0.997. The molecule has 0 radical (unpaired) electrons. The number of aliphatic hydroxyl groups is 1. The van der Waals surface area contributed by atoms with Crippen LogP contribution in [0.3, 0.4) is 0 Å². The van der Waals surface area contributed by atoms with E-state index < -0.39 is 62.7 Å². The lowest BCUT2D eigenvalue weighted by molar-refractivity contribution is -0.132. The van der Waals surface area contributed by atoms with Crippen LogP contribution in [0.1, 0.15) is 6.92 Å². The van der Waals surface area contributed by atoms with Crippen LogP contribution in [0.4, 0.5) is 22.0 Å². The molecule has 19 heavy (non-hydrogen) atoms. The zero-order valence-electron chi connectivity index (χ0n) is 9.14. The van der Waals surface area contributed by atoms with Gasteiger partial charge in [-0.25, -0.2) is 22.0 Å². The third-order valence-electron chi connectivity index (χ3n) is 1.98. The van der Waals surface area contributed by atoms with Crippen LogP contribution in [0.5, 0.6) is 0 Å². The Kier molecular flexibility index (Phi) is 4.64. The van der Waals surface area contributed by atoms with Gasteiger partial charge in [-0.3, -0.25) is 9.59 Å². The second-order valence-electron chi connectivity index (χ2n) is 3.33. The van der Waals surface area contributed by atoms with Gasteiger partial charge in [-0.05, 0) is 18.7 Å². The highest BCUT2D eigenvalue weighted by Crippen LogP contribution is 2.31. The molecule has 104 valence electrons. The molecule has 1 aromatic carbocycles. The molecule has 0 aliphatic heterocycles. The van der Waals surface area contributed by atoms with E-state index in [0.717, 1.165) is 6.92 Å². The minimum atomic E-state index is -2.36. The number of benzene rings is 1. The maximum atomic E-state index is 13.2.